The molecule has 0 aromatic carbocycles. The van der Waals surface area contributed by atoms with Gasteiger partial charge in [-0.25, -0.2) is 0 Å². The van der Waals surface area contributed by atoms with Gasteiger partial charge in [0, 0.05) is 32.6 Å². The van der Waals surface area contributed by atoms with Gasteiger partial charge in [-0.15, -0.1) is 0 Å². The first-order valence-electron chi connectivity index (χ1n) is 7.81. The van der Waals surface area contributed by atoms with Crippen molar-refractivity contribution in [1.82, 2.24) is 15.5 Å². The Hall–Kier alpha value is -1.10. The molecule has 2 N–H and O–H groups in total. The maximum atomic E-state index is 12.7. The third-order valence-electron chi connectivity index (χ3n) is 4.38. The first kappa shape index (κ1) is 15.3. The van der Waals surface area contributed by atoms with Gasteiger partial charge < -0.3 is 15.5 Å². The summed E-state index contributed by atoms with van der Waals surface area (Å²) in [6, 6.07) is -0.336. The molecule has 1 radical (unpaired) electrons. The summed E-state index contributed by atoms with van der Waals surface area (Å²) in [5, 5.41) is 6.18. The lowest BCUT2D eigenvalue weighted by atomic mass is 9.83. The van der Waals surface area contributed by atoms with Gasteiger partial charge in [0.05, 0.1) is 0 Å². The molecule has 113 valence electrons. The van der Waals surface area contributed by atoms with E-state index < -0.39 is 0 Å². The van der Waals surface area contributed by atoms with Gasteiger partial charge in [0.1, 0.15) is 6.04 Å². The van der Waals surface area contributed by atoms with Crippen LogP contribution in [0.2, 0.25) is 0 Å². The van der Waals surface area contributed by atoms with Crippen LogP contribution in [0.3, 0.4) is 0 Å². The molecule has 20 heavy (non-hydrogen) atoms. The van der Waals surface area contributed by atoms with E-state index in [0.29, 0.717) is 5.92 Å². The van der Waals surface area contributed by atoms with Gasteiger partial charge in [-0.3, -0.25) is 9.59 Å². The molecule has 2 aliphatic rings. The van der Waals surface area contributed by atoms with Gasteiger partial charge in [0.2, 0.25) is 11.8 Å². The van der Waals surface area contributed by atoms with Crippen LogP contribution >= 0.6 is 0 Å². The third-order valence-corrected chi connectivity index (χ3v) is 4.38. The second-order valence-electron chi connectivity index (χ2n) is 5.75. The number of hydrogen-bond donors (Lipinski definition) is 2. The molecular weight excluding hydrogens is 254 g/mol. The summed E-state index contributed by atoms with van der Waals surface area (Å²) in [6.45, 7) is 4.89. The van der Waals surface area contributed by atoms with E-state index in [1.807, 2.05) is 4.90 Å². The van der Waals surface area contributed by atoms with E-state index in [2.05, 4.69) is 10.6 Å². The van der Waals surface area contributed by atoms with E-state index >= 15 is 0 Å². The molecule has 0 aromatic heterocycles. The Morgan fingerprint density at radius 2 is 1.85 bits per heavy atom. The molecule has 1 aliphatic heterocycles. The normalized spacial score (nSPS) is 22.4. The van der Waals surface area contributed by atoms with Crippen molar-refractivity contribution in [2.45, 2.75) is 45.1 Å². The average Bonchev–Trinajstić information content (AvgIpc) is 2.53. The Bertz CT molecular complexity index is 334. The summed E-state index contributed by atoms with van der Waals surface area (Å²) >= 11 is 0. The fraction of sp³-hybridized carbons (Fsp3) is 0.800. The fourth-order valence-electron chi connectivity index (χ4n) is 3.17. The highest BCUT2D eigenvalue weighted by Crippen LogP contribution is 2.27. The highest BCUT2D eigenvalue weighted by atomic mass is 16.2. The molecule has 0 spiro atoms. The van der Waals surface area contributed by atoms with Crippen molar-refractivity contribution < 1.29 is 9.59 Å². The van der Waals surface area contributed by atoms with E-state index in [0.717, 1.165) is 39.0 Å². The molecule has 2 fully saturated rings. The summed E-state index contributed by atoms with van der Waals surface area (Å²) in [6.07, 6.45) is 7.18. The minimum absolute atomic E-state index is 0.105. The van der Waals surface area contributed by atoms with Crippen molar-refractivity contribution in [2.75, 3.05) is 26.2 Å². The van der Waals surface area contributed by atoms with Gasteiger partial charge in [0.15, 0.2) is 0 Å². The van der Waals surface area contributed by atoms with E-state index in [4.69, 9.17) is 0 Å². The van der Waals surface area contributed by atoms with E-state index in [-0.39, 0.29) is 17.9 Å². The van der Waals surface area contributed by atoms with Gasteiger partial charge in [-0.2, -0.15) is 0 Å². The zero-order valence-electron chi connectivity index (χ0n) is 12.4. The van der Waals surface area contributed by atoms with Gasteiger partial charge in [-0.05, 0) is 18.8 Å². The largest absolute Gasteiger partial charge is 0.344 e. The second kappa shape index (κ2) is 7.62. The fourth-order valence-corrected chi connectivity index (χ4v) is 3.17. The lowest BCUT2D eigenvalue weighted by Gasteiger charge is -2.35. The Morgan fingerprint density at radius 1 is 1.20 bits per heavy atom. The molecule has 0 unspecified atom stereocenters. The molecule has 1 heterocycles. The van der Waals surface area contributed by atoms with Crippen LogP contribution in [-0.2, 0) is 9.59 Å². The number of nitrogens with zero attached hydrogens (tertiary/aromatic N) is 1. The van der Waals surface area contributed by atoms with Crippen LogP contribution in [0.15, 0.2) is 0 Å². The number of carbonyl (C=O) groups excluding carboxylic acids is 2. The quantitative estimate of drug-likeness (QED) is 0.797. The SMILES string of the molecule is C[CH]C(=O)N[C@H](C(=O)N1CCNCC1)C1CCCCC1. The number of piperazine rings is 1. The molecule has 1 saturated heterocycles. The molecule has 2 amide bonds. The molecular formula is C15H26N3O2. The van der Waals surface area contributed by atoms with E-state index in [1.165, 1.54) is 25.7 Å². The van der Waals surface area contributed by atoms with Crippen LogP contribution in [-0.4, -0.2) is 48.9 Å². The molecule has 2 rings (SSSR count). The Balaban J connectivity index is 2.03. The van der Waals surface area contributed by atoms with Gasteiger partial charge >= 0.3 is 0 Å². The monoisotopic (exact) mass is 280 g/mol. The second-order valence-corrected chi connectivity index (χ2v) is 5.75. The zero-order valence-corrected chi connectivity index (χ0v) is 12.4. The highest BCUT2D eigenvalue weighted by Gasteiger charge is 2.33. The molecule has 0 bridgehead atoms. The average molecular weight is 280 g/mol. The van der Waals surface area contributed by atoms with Crippen LogP contribution in [0.1, 0.15) is 39.0 Å². The van der Waals surface area contributed by atoms with Crippen molar-refractivity contribution >= 4 is 11.8 Å². The lowest BCUT2D eigenvalue weighted by Crippen LogP contribution is -2.56. The van der Waals surface area contributed by atoms with Crippen molar-refractivity contribution in [2.24, 2.45) is 5.92 Å². The first-order valence-corrected chi connectivity index (χ1v) is 7.81. The molecule has 0 aromatic rings. The summed E-state index contributed by atoms with van der Waals surface area (Å²) in [4.78, 5) is 26.3. The van der Waals surface area contributed by atoms with Crippen LogP contribution in [0.5, 0.6) is 0 Å². The molecule has 1 atom stereocenters. The van der Waals surface area contributed by atoms with Gasteiger partial charge in [-0.1, -0.05) is 26.2 Å². The standard InChI is InChI=1S/C15H26N3O2/c1-2-13(19)17-14(12-6-4-3-5-7-12)15(20)18-10-8-16-9-11-18/h2,12,14,16H,3-11H2,1H3,(H,17,19)/t14-/m0/s1. The summed E-state index contributed by atoms with van der Waals surface area (Å²) in [7, 11) is 0. The number of nitrogens with one attached hydrogen (secondary N) is 2. The summed E-state index contributed by atoms with van der Waals surface area (Å²) in [5.41, 5.74) is 0. The van der Waals surface area contributed by atoms with Crippen molar-refractivity contribution in [3.63, 3.8) is 0 Å². The summed E-state index contributed by atoms with van der Waals surface area (Å²) < 4.78 is 0. The number of hydrogen-bond acceptors (Lipinski definition) is 3. The predicted molar refractivity (Wildman–Crippen MR) is 77.9 cm³/mol. The topological polar surface area (TPSA) is 61.4 Å². The maximum Gasteiger partial charge on any atom is 0.245 e. The van der Waals surface area contributed by atoms with E-state index in [1.54, 1.807) is 6.92 Å². The minimum atomic E-state index is -0.336. The van der Waals surface area contributed by atoms with Crippen molar-refractivity contribution in [3.8, 4) is 0 Å². The Morgan fingerprint density at radius 3 is 2.45 bits per heavy atom. The Labute approximate surface area is 121 Å². The minimum Gasteiger partial charge on any atom is -0.344 e. The van der Waals surface area contributed by atoms with Crippen LogP contribution in [0.25, 0.3) is 0 Å². The number of amides is 2. The van der Waals surface area contributed by atoms with Crippen LogP contribution in [0, 0.1) is 12.3 Å². The third kappa shape index (κ3) is 3.95. The lowest BCUT2D eigenvalue weighted by molar-refractivity contribution is -0.138. The smallest absolute Gasteiger partial charge is 0.245 e. The number of carbonyl (C=O) groups is 2. The first-order chi connectivity index (χ1) is 9.72. The van der Waals surface area contributed by atoms with Crippen LogP contribution < -0.4 is 10.6 Å². The Kier molecular flexibility index (Phi) is 5.83. The molecule has 1 aliphatic carbocycles. The van der Waals surface area contributed by atoms with Crippen molar-refractivity contribution in [1.29, 1.82) is 0 Å². The zero-order chi connectivity index (χ0) is 14.4. The highest BCUT2D eigenvalue weighted by molar-refractivity contribution is 5.91. The molecule has 1 saturated carbocycles. The van der Waals surface area contributed by atoms with Crippen LogP contribution in [0.4, 0.5) is 0 Å². The number of rotatable bonds is 4. The molecule has 5 heteroatoms. The summed E-state index contributed by atoms with van der Waals surface area (Å²) in [5.74, 6) is 0.271. The molecule has 5 nitrogen and oxygen atoms in total. The van der Waals surface area contributed by atoms with Crippen molar-refractivity contribution in [3.05, 3.63) is 6.42 Å². The van der Waals surface area contributed by atoms with E-state index in [9.17, 15) is 9.59 Å². The predicted octanol–water partition coefficient (Wildman–Crippen LogP) is 0.707. The maximum absolute atomic E-state index is 12.7. The van der Waals surface area contributed by atoms with Gasteiger partial charge in [0.25, 0.3) is 0 Å².